The number of hydrazine groups is 1. The monoisotopic (exact) mass is 234 g/mol. The summed E-state index contributed by atoms with van der Waals surface area (Å²) in [4.78, 5) is 0. The molecule has 0 saturated carbocycles. The van der Waals surface area contributed by atoms with Crippen LogP contribution >= 0.6 is 11.6 Å². The van der Waals surface area contributed by atoms with Crippen LogP contribution in [0.5, 0.6) is 0 Å². The zero-order valence-electron chi connectivity index (χ0n) is 9.41. The van der Waals surface area contributed by atoms with E-state index in [1.165, 1.54) is 24.1 Å². The van der Waals surface area contributed by atoms with E-state index in [1.807, 2.05) is 6.07 Å². The second kappa shape index (κ2) is 3.70. The first-order valence-electron chi connectivity index (χ1n) is 5.76. The average molecular weight is 235 g/mol. The predicted octanol–water partition coefficient (Wildman–Crippen LogP) is 3.36. The molecule has 16 heavy (non-hydrogen) atoms. The number of hydrogen-bond acceptors (Lipinski definition) is 2. The standard InChI is InChI=1S/C13H15ClN2/c1-10-5-6-13(12(14)8-10)16-9-11-4-2-3-7-15(11)16/h4-6,8H,2-3,7,9H2,1H3. The second-order valence-electron chi connectivity index (χ2n) is 4.47. The van der Waals surface area contributed by atoms with Gasteiger partial charge in [-0.2, -0.15) is 0 Å². The molecule has 1 fully saturated rings. The summed E-state index contributed by atoms with van der Waals surface area (Å²) in [6.45, 7) is 4.19. The molecule has 0 radical (unpaired) electrons. The van der Waals surface area contributed by atoms with E-state index < -0.39 is 0 Å². The molecule has 0 N–H and O–H groups in total. The maximum Gasteiger partial charge on any atom is 0.0811 e. The van der Waals surface area contributed by atoms with E-state index in [-0.39, 0.29) is 0 Å². The molecule has 0 amide bonds. The first-order chi connectivity index (χ1) is 7.75. The third-order valence-corrected chi connectivity index (χ3v) is 3.57. The summed E-state index contributed by atoms with van der Waals surface area (Å²) in [5.74, 6) is 0. The molecule has 2 heterocycles. The van der Waals surface area contributed by atoms with Crippen molar-refractivity contribution < 1.29 is 0 Å². The van der Waals surface area contributed by atoms with Gasteiger partial charge >= 0.3 is 0 Å². The van der Waals surface area contributed by atoms with E-state index >= 15 is 0 Å². The Morgan fingerprint density at radius 1 is 1.25 bits per heavy atom. The Kier molecular flexibility index (Phi) is 2.32. The zero-order valence-corrected chi connectivity index (χ0v) is 10.2. The van der Waals surface area contributed by atoms with Crippen molar-refractivity contribution in [3.63, 3.8) is 0 Å². The van der Waals surface area contributed by atoms with Gasteiger partial charge in [0.05, 0.1) is 23.0 Å². The van der Waals surface area contributed by atoms with Crippen LogP contribution in [0.25, 0.3) is 0 Å². The molecule has 3 heteroatoms. The minimum atomic E-state index is 0.852. The Morgan fingerprint density at radius 3 is 2.88 bits per heavy atom. The number of halogens is 1. The largest absolute Gasteiger partial charge is 0.287 e. The lowest BCUT2D eigenvalue weighted by Crippen LogP contribution is -2.56. The van der Waals surface area contributed by atoms with Gasteiger partial charge in [0.1, 0.15) is 0 Å². The number of rotatable bonds is 1. The fraction of sp³-hybridized carbons (Fsp3) is 0.385. The molecular formula is C13H15ClN2. The van der Waals surface area contributed by atoms with Crippen LogP contribution in [0, 0.1) is 6.92 Å². The fourth-order valence-corrected chi connectivity index (χ4v) is 2.71. The smallest absolute Gasteiger partial charge is 0.0811 e. The van der Waals surface area contributed by atoms with Gasteiger partial charge in [-0.3, -0.25) is 10.0 Å². The van der Waals surface area contributed by atoms with Gasteiger partial charge in [0.25, 0.3) is 0 Å². The number of hydrogen-bond donors (Lipinski definition) is 0. The molecule has 0 aliphatic carbocycles. The van der Waals surface area contributed by atoms with Crippen molar-refractivity contribution in [1.29, 1.82) is 0 Å². The highest BCUT2D eigenvalue weighted by atomic mass is 35.5. The lowest BCUT2D eigenvalue weighted by molar-refractivity contribution is 0.224. The Morgan fingerprint density at radius 2 is 2.12 bits per heavy atom. The maximum absolute atomic E-state index is 6.28. The number of benzene rings is 1. The second-order valence-corrected chi connectivity index (χ2v) is 4.88. The van der Waals surface area contributed by atoms with Crippen molar-refractivity contribution in [2.45, 2.75) is 19.8 Å². The molecule has 0 bridgehead atoms. The van der Waals surface area contributed by atoms with Crippen LogP contribution < -0.4 is 5.01 Å². The summed E-state index contributed by atoms with van der Waals surface area (Å²) in [7, 11) is 0. The fourth-order valence-electron chi connectivity index (χ4n) is 2.38. The van der Waals surface area contributed by atoms with Gasteiger partial charge in [-0.25, -0.2) is 0 Å². The summed E-state index contributed by atoms with van der Waals surface area (Å²) in [5.41, 5.74) is 3.79. The Balaban J connectivity index is 1.89. The van der Waals surface area contributed by atoms with Crippen molar-refractivity contribution in [2.24, 2.45) is 0 Å². The van der Waals surface area contributed by atoms with Crippen molar-refractivity contribution >= 4 is 17.3 Å². The first-order valence-corrected chi connectivity index (χ1v) is 6.14. The van der Waals surface area contributed by atoms with E-state index in [1.54, 1.807) is 0 Å². The average Bonchev–Trinajstić information content (AvgIpc) is 2.23. The summed E-state index contributed by atoms with van der Waals surface area (Å²) in [6.07, 6.45) is 4.80. The van der Waals surface area contributed by atoms with Crippen molar-refractivity contribution in [3.8, 4) is 0 Å². The molecule has 0 spiro atoms. The third-order valence-electron chi connectivity index (χ3n) is 3.27. The molecule has 1 aromatic carbocycles. The number of anilines is 1. The maximum atomic E-state index is 6.28. The Bertz CT molecular complexity index is 453. The number of fused-ring (bicyclic) bond motifs is 1. The normalized spacial score (nSPS) is 19.0. The lowest BCUT2D eigenvalue weighted by atomic mass is 10.1. The topological polar surface area (TPSA) is 6.48 Å². The highest BCUT2D eigenvalue weighted by Crippen LogP contribution is 2.36. The molecule has 2 aliphatic rings. The summed E-state index contributed by atoms with van der Waals surface area (Å²) < 4.78 is 0. The molecule has 2 nitrogen and oxygen atoms in total. The highest BCUT2D eigenvalue weighted by molar-refractivity contribution is 6.33. The molecule has 1 saturated heterocycles. The van der Waals surface area contributed by atoms with Crippen LogP contribution in [0.15, 0.2) is 30.0 Å². The van der Waals surface area contributed by atoms with Gasteiger partial charge in [0, 0.05) is 6.54 Å². The zero-order chi connectivity index (χ0) is 11.1. The van der Waals surface area contributed by atoms with Gasteiger partial charge in [0.15, 0.2) is 0 Å². The van der Waals surface area contributed by atoms with Crippen molar-refractivity contribution in [2.75, 3.05) is 18.1 Å². The Labute approximate surface area is 101 Å². The summed E-state index contributed by atoms with van der Waals surface area (Å²) in [5, 5.41) is 5.46. The van der Waals surface area contributed by atoms with E-state index in [2.05, 4.69) is 35.2 Å². The van der Waals surface area contributed by atoms with Crippen LogP contribution in [0.1, 0.15) is 18.4 Å². The van der Waals surface area contributed by atoms with Crippen molar-refractivity contribution in [1.82, 2.24) is 5.01 Å². The SMILES string of the molecule is Cc1ccc(N2CC3=CCCCN32)c(Cl)c1. The summed E-state index contributed by atoms with van der Waals surface area (Å²) >= 11 is 6.28. The molecule has 3 rings (SSSR count). The van der Waals surface area contributed by atoms with E-state index in [9.17, 15) is 0 Å². The molecule has 84 valence electrons. The highest BCUT2D eigenvalue weighted by Gasteiger charge is 2.32. The van der Waals surface area contributed by atoms with Crippen molar-refractivity contribution in [3.05, 3.63) is 40.6 Å². The molecular weight excluding hydrogens is 220 g/mol. The van der Waals surface area contributed by atoms with Gasteiger partial charge in [-0.05, 0) is 37.5 Å². The molecule has 2 aliphatic heterocycles. The third kappa shape index (κ3) is 1.49. The van der Waals surface area contributed by atoms with Crippen LogP contribution in [0.4, 0.5) is 5.69 Å². The quantitative estimate of drug-likeness (QED) is 0.735. The van der Waals surface area contributed by atoms with E-state index in [0.29, 0.717) is 0 Å². The Hall–Kier alpha value is -1.15. The van der Waals surface area contributed by atoms with E-state index in [4.69, 9.17) is 11.6 Å². The molecule has 0 atom stereocenters. The minimum absolute atomic E-state index is 0.852. The van der Waals surface area contributed by atoms with Crippen LogP contribution in [0.2, 0.25) is 5.02 Å². The molecule has 1 aromatic rings. The van der Waals surface area contributed by atoms with Crippen LogP contribution in [0.3, 0.4) is 0 Å². The van der Waals surface area contributed by atoms with Gasteiger partial charge in [-0.15, -0.1) is 0 Å². The summed E-state index contributed by atoms with van der Waals surface area (Å²) in [6, 6.07) is 6.26. The van der Waals surface area contributed by atoms with Crippen LogP contribution in [-0.4, -0.2) is 18.1 Å². The lowest BCUT2D eigenvalue weighted by Gasteiger charge is -2.51. The predicted molar refractivity (Wildman–Crippen MR) is 67.6 cm³/mol. The molecule has 0 unspecified atom stereocenters. The van der Waals surface area contributed by atoms with Gasteiger partial charge in [-0.1, -0.05) is 23.7 Å². The van der Waals surface area contributed by atoms with Gasteiger partial charge < -0.3 is 0 Å². The van der Waals surface area contributed by atoms with Crippen LogP contribution in [-0.2, 0) is 0 Å². The van der Waals surface area contributed by atoms with Gasteiger partial charge in [0.2, 0.25) is 0 Å². The minimum Gasteiger partial charge on any atom is -0.287 e. The number of allylic oxidation sites excluding steroid dienone is 1. The number of nitrogens with zero attached hydrogens (tertiary/aromatic N) is 2. The molecule has 0 aromatic heterocycles. The number of aryl methyl sites for hydroxylation is 1. The first kappa shape index (κ1) is 10.0. The van der Waals surface area contributed by atoms with E-state index in [0.717, 1.165) is 23.8 Å².